The summed E-state index contributed by atoms with van der Waals surface area (Å²) in [7, 11) is 1.95. The number of aromatic amines is 1. The summed E-state index contributed by atoms with van der Waals surface area (Å²) in [4.78, 5) is 18.3. The van der Waals surface area contributed by atoms with Gasteiger partial charge in [0.15, 0.2) is 0 Å². The second-order valence-corrected chi connectivity index (χ2v) is 5.12. The van der Waals surface area contributed by atoms with E-state index < -0.39 is 0 Å². The summed E-state index contributed by atoms with van der Waals surface area (Å²) in [6, 6.07) is 13.5. The summed E-state index contributed by atoms with van der Waals surface area (Å²) >= 11 is 0. The van der Waals surface area contributed by atoms with E-state index in [2.05, 4.69) is 32.7 Å². The minimum absolute atomic E-state index is 0.147. The monoisotopic (exact) mass is 294 g/mol. The normalized spacial score (nSPS) is 10.8. The lowest BCUT2D eigenvalue weighted by atomic mass is 10.1. The summed E-state index contributed by atoms with van der Waals surface area (Å²) < 4.78 is 0. The van der Waals surface area contributed by atoms with E-state index in [1.807, 2.05) is 25.2 Å². The molecule has 0 saturated carbocycles. The number of hydrogen-bond acceptors (Lipinski definition) is 4. The molecule has 0 bridgehead atoms. The van der Waals surface area contributed by atoms with Crippen molar-refractivity contribution in [1.82, 2.24) is 15.3 Å². The lowest BCUT2D eigenvalue weighted by molar-refractivity contribution is 0.792. The third-order valence-corrected chi connectivity index (χ3v) is 3.50. The first-order valence-electron chi connectivity index (χ1n) is 7.25. The summed E-state index contributed by atoms with van der Waals surface area (Å²) in [6.45, 7) is 0.947. The fourth-order valence-corrected chi connectivity index (χ4v) is 2.40. The molecule has 0 aliphatic carbocycles. The average Bonchev–Trinajstić information content (AvgIpc) is 2.53. The predicted octanol–water partition coefficient (Wildman–Crippen LogP) is 2.43. The zero-order chi connectivity index (χ0) is 15.4. The van der Waals surface area contributed by atoms with Crippen LogP contribution in [0.4, 0.5) is 11.4 Å². The van der Waals surface area contributed by atoms with Gasteiger partial charge < -0.3 is 15.6 Å². The Morgan fingerprint density at radius 3 is 2.95 bits per heavy atom. The van der Waals surface area contributed by atoms with Gasteiger partial charge in [0.25, 0.3) is 0 Å². The minimum atomic E-state index is -0.147. The highest BCUT2D eigenvalue weighted by Gasteiger charge is 2.03. The van der Waals surface area contributed by atoms with Crippen molar-refractivity contribution in [3.63, 3.8) is 0 Å². The molecule has 3 N–H and O–H groups in total. The number of hydrogen-bond donors (Lipinski definition) is 3. The van der Waals surface area contributed by atoms with E-state index >= 15 is 0 Å². The molecule has 0 spiro atoms. The minimum Gasteiger partial charge on any atom is -0.355 e. The molecule has 0 amide bonds. The number of benzene rings is 1. The van der Waals surface area contributed by atoms with Gasteiger partial charge in [-0.3, -0.25) is 4.79 Å². The van der Waals surface area contributed by atoms with Crippen LogP contribution in [0.3, 0.4) is 0 Å². The highest BCUT2D eigenvalue weighted by molar-refractivity contribution is 5.90. The summed E-state index contributed by atoms with van der Waals surface area (Å²) in [5.74, 6) is 0. The number of aromatic nitrogens is 2. The van der Waals surface area contributed by atoms with Crippen LogP contribution in [-0.2, 0) is 6.42 Å². The van der Waals surface area contributed by atoms with E-state index in [4.69, 9.17) is 0 Å². The number of nitrogens with one attached hydrogen (secondary N) is 3. The fourth-order valence-electron chi connectivity index (χ4n) is 2.40. The highest BCUT2D eigenvalue weighted by atomic mass is 16.1. The van der Waals surface area contributed by atoms with Gasteiger partial charge in [-0.25, -0.2) is 4.98 Å². The molecule has 22 heavy (non-hydrogen) atoms. The quantitative estimate of drug-likeness (QED) is 0.676. The zero-order valence-corrected chi connectivity index (χ0v) is 12.4. The predicted molar refractivity (Wildman–Crippen MR) is 89.7 cm³/mol. The Kier molecular flexibility index (Phi) is 4.16. The van der Waals surface area contributed by atoms with Crippen LogP contribution in [0.15, 0.2) is 53.5 Å². The van der Waals surface area contributed by atoms with Crippen molar-refractivity contribution >= 4 is 22.4 Å². The van der Waals surface area contributed by atoms with Crippen LogP contribution >= 0.6 is 0 Å². The molecule has 3 aromatic rings. The van der Waals surface area contributed by atoms with Gasteiger partial charge in [0.1, 0.15) is 5.65 Å². The van der Waals surface area contributed by atoms with Gasteiger partial charge in [-0.1, -0.05) is 12.1 Å². The van der Waals surface area contributed by atoms with Gasteiger partial charge in [-0.15, -0.1) is 0 Å². The molecular weight excluding hydrogens is 276 g/mol. The molecule has 1 aromatic carbocycles. The molecular formula is C17H18N4O. The van der Waals surface area contributed by atoms with Crippen LogP contribution in [0.25, 0.3) is 11.0 Å². The second kappa shape index (κ2) is 6.41. The maximum absolute atomic E-state index is 11.4. The van der Waals surface area contributed by atoms with E-state index in [0.717, 1.165) is 29.7 Å². The van der Waals surface area contributed by atoms with Gasteiger partial charge in [0.05, 0.1) is 5.69 Å². The van der Waals surface area contributed by atoms with Crippen LogP contribution in [0.1, 0.15) is 5.56 Å². The van der Waals surface area contributed by atoms with Crippen molar-refractivity contribution in [3.05, 3.63) is 64.6 Å². The van der Waals surface area contributed by atoms with E-state index in [-0.39, 0.29) is 5.56 Å². The Bertz CT molecular complexity index is 841. The van der Waals surface area contributed by atoms with E-state index in [1.54, 1.807) is 12.3 Å². The molecule has 0 saturated heterocycles. The molecule has 112 valence electrons. The molecule has 5 nitrogen and oxygen atoms in total. The number of fused-ring (bicyclic) bond motifs is 1. The summed E-state index contributed by atoms with van der Waals surface area (Å²) in [6.07, 6.45) is 2.67. The maximum atomic E-state index is 11.4. The first-order chi connectivity index (χ1) is 10.8. The van der Waals surface area contributed by atoms with Crippen molar-refractivity contribution in [2.24, 2.45) is 0 Å². The molecule has 5 heteroatoms. The fraction of sp³-hybridized carbons (Fsp3) is 0.176. The molecule has 2 aromatic heterocycles. The number of H-pyrrole nitrogens is 1. The number of nitrogens with zero attached hydrogens (tertiary/aromatic N) is 1. The van der Waals surface area contributed by atoms with E-state index in [1.165, 1.54) is 11.6 Å². The first-order valence-corrected chi connectivity index (χ1v) is 7.25. The zero-order valence-electron chi connectivity index (χ0n) is 12.4. The van der Waals surface area contributed by atoms with E-state index in [0.29, 0.717) is 5.65 Å². The Morgan fingerprint density at radius 1 is 1.18 bits per heavy atom. The lowest BCUT2D eigenvalue weighted by Gasteiger charge is -2.10. The van der Waals surface area contributed by atoms with Crippen LogP contribution < -0.4 is 16.2 Å². The Balaban J connectivity index is 1.91. The third-order valence-electron chi connectivity index (χ3n) is 3.50. The van der Waals surface area contributed by atoms with Crippen LogP contribution in [0.5, 0.6) is 0 Å². The number of anilines is 2. The Hall–Kier alpha value is -2.66. The standard InChI is InChI=1S/C17H18N4O/c1-18-9-7-12-3-2-4-13(11-12)20-15-8-10-19-17-14(15)5-6-16(22)21-17/h2-6,8,10-11,18H,7,9H2,1H3,(H2,19,20,21,22). The topological polar surface area (TPSA) is 69.8 Å². The summed E-state index contributed by atoms with van der Waals surface area (Å²) in [5.41, 5.74) is 3.65. The third kappa shape index (κ3) is 3.15. The summed E-state index contributed by atoms with van der Waals surface area (Å²) in [5, 5.41) is 7.44. The highest BCUT2D eigenvalue weighted by Crippen LogP contribution is 2.23. The molecule has 0 atom stereocenters. The second-order valence-electron chi connectivity index (χ2n) is 5.12. The first kappa shape index (κ1) is 14.3. The van der Waals surface area contributed by atoms with Crippen molar-refractivity contribution < 1.29 is 0 Å². The molecule has 2 heterocycles. The maximum Gasteiger partial charge on any atom is 0.249 e. The van der Waals surface area contributed by atoms with Crippen LogP contribution in [0, 0.1) is 0 Å². The number of rotatable bonds is 5. The van der Waals surface area contributed by atoms with Crippen LogP contribution in [0.2, 0.25) is 0 Å². The van der Waals surface area contributed by atoms with Gasteiger partial charge in [0, 0.05) is 23.3 Å². The van der Waals surface area contributed by atoms with Crippen molar-refractivity contribution in [3.8, 4) is 0 Å². The number of pyridine rings is 2. The smallest absolute Gasteiger partial charge is 0.249 e. The van der Waals surface area contributed by atoms with Crippen LogP contribution in [-0.4, -0.2) is 23.6 Å². The Labute approximate surface area is 128 Å². The van der Waals surface area contributed by atoms with Crippen molar-refractivity contribution in [1.29, 1.82) is 0 Å². The molecule has 0 aliphatic rings. The molecule has 0 fully saturated rings. The van der Waals surface area contributed by atoms with Gasteiger partial charge in [-0.05, 0) is 49.8 Å². The SMILES string of the molecule is CNCCc1cccc(Nc2ccnc3[nH]c(=O)ccc23)c1. The Morgan fingerprint density at radius 2 is 2.09 bits per heavy atom. The van der Waals surface area contributed by atoms with Gasteiger partial charge in [0.2, 0.25) is 5.56 Å². The molecule has 3 rings (SSSR count). The van der Waals surface area contributed by atoms with E-state index in [9.17, 15) is 4.79 Å². The van der Waals surface area contributed by atoms with Gasteiger partial charge >= 0.3 is 0 Å². The van der Waals surface area contributed by atoms with Crippen molar-refractivity contribution in [2.75, 3.05) is 18.9 Å². The average molecular weight is 294 g/mol. The number of likely N-dealkylation sites (N-methyl/N-ethyl adjacent to an activating group) is 1. The van der Waals surface area contributed by atoms with Crippen molar-refractivity contribution in [2.45, 2.75) is 6.42 Å². The molecule has 0 unspecified atom stereocenters. The van der Waals surface area contributed by atoms with Gasteiger partial charge in [-0.2, -0.15) is 0 Å². The molecule has 0 radical (unpaired) electrons. The molecule has 0 aliphatic heterocycles. The lowest BCUT2D eigenvalue weighted by Crippen LogP contribution is -2.10. The largest absolute Gasteiger partial charge is 0.355 e.